The molecule has 1 rings (SSSR count). The molecule has 0 saturated carbocycles. The Kier molecular flexibility index (Phi) is 15.1. The van der Waals surface area contributed by atoms with E-state index in [0.29, 0.717) is 12.8 Å². The van der Waals surface area contributed by atoms with Gasteiger partial charge in [0.2, 0.25) is 11.8 Å². The number of anilines is 2. The summed E-state index contributed by atoms with van der Waals surface area (Å²) in [6.07, 6.45) is 16.5. The zero-order valence-electron chi connectivity index (χ0n) is 20.2. The number of unbranched alkanes of at least 4 members (excludes halogenated alkanes) is 12. The van der Waals surface area contributed by atoms with E-state index < -0.39 is 0 Å². The van der Waals surface area contributed by atoms with Crippen LogP contribution in [-0.2, 0) is 9.59 Å². The molecule has 0 aromatic heterocycles. The van der Waals surface area contributed by atoms with Crippen molar-refractivity contribution in [1.29, 1.82) is 0 Å². The number of hydrogen-bond donors (Lipinski definition) is 4. The number of amides is 2. The van der Waals surface area contributed by atoms with Gasteiger partial charge in [-0.05, 0) is 12.8 Å². The second kappa shape index (κ2) is 17.3. The summed E-state index contributed by atoms with van der Waals surface area (Å²) in [5.74, 6) is -0.739. The maximum Gasteiger partial charge on any atom is 0.224 e. The SMILES string of the molecule is CCCCCCCCCC(=O)Nc1cc(O)c(NC(=O)CCCCCCCCC)cc1O. The van der Waals surface area contributed by atoms with Gasteiger partial charge in [0, 0.05) is 25.0 Å². The molecule has 0 aliphatic heterocycles. The Hall–Kier alpha value is -2.24. The van der Waals surface area contributed by atoms with Gasteiger partial charge < -0.3 is 20.8 Å². The number of carbonyl (C=O) groups excluding carboxylic acids is 2. The highest BCUT2D eigenvalue weighted by molar-refractivity contribution is 5.96. The van der Waals surface area contributed by atoms with E-state index in [1.165, 1.54) is 63.5 Å². The molecule has 2 amide bonds. The van der Waals surface area contributed by atoms with E-state index in [1.54, 1.807) is 0 Å². The van der Waals surface area contributed by atoms with Crippen LogP contribution in [-0.4, -0.2) is 22.0 Å². The average molecular weight is 449 g/mol. The Bertz CT molecular complexity index is 618. The third-order valence-electron chi connectivity index (χ3n) is 5.68. The number of rotatable bonds is 18. The van der Waals surface area contributed by atoms with Crippen LogP contribution in [0.25, 0.3) is 0 Å². The molecule has 0 saturated heterocycles. The summed E-state index contributed by atoms with van der Waals surface area (Å²) in [6.45, 7) is 4.38. The maximum atomic E-state index is 12.1. The fourth-order valence-corrected chi connectivity index (χ4v) is 3.69. The smallest absolute Gasteiger partial charge is 0.224 e. The first-order chi connectivity index (χ1) is 15.5. The van der Waals surface area contributed by atoms with E-state index in [9.17, 15) is 19.8 Å². The fourth-order valence-electron chi connectivity index (χ4n) is 3.69. The van der Waals surface area contributed by atoms with Crippen LogP contribution in [0.2, 0.25) is 0 Å². The van der Waals surface area contributed by atoms with E-state index in [0.717, 1.165) is 38.5 Å². The van der Waals surface area contributed by atoms with Crippen LogP contribution in [0, 0.1) is 0 Å². The van der Waals surface area contributed by atoms with E-state index in [4.69, 9.17) is 0 Å². The molecule has 4 N–H and O–H groups in total. The summed E-state index contributed by atoms with van der Waals surface area (Å²) >= 11 is 0. The number of nitrogens with one attached hydrogen (secondary N) is 2. The first-order valence-corrected chi connectivity index (χ1v) is 12.6. The van der Waals surface area contributed by atoms with Crippen LogP contribution in [0.4, 0.5) is 11.4 Å². The van der Waals surface area contributed by atoms with Crippen molar-refractivity contribution in [2.45, 2.75) is 117 Å². The number of hydrogen-bond acceptors (Lipinski definition) is 4. The molecule has 0 bridgehead atoms. The molecule has 0 aliphatic carbocycles. The molecule has 6 nitrogen and oxygen atoms in total. The minimum absolute atomic E-state index is 0.153. The topological polar surface area (TPSA) is 98.7 Å². The van der Waals surface area contributed by atoms with Gasteiger partial charge in [-0.1, -0.05) is 90.9 Å². The van der Waals surface area contributed by atoms with Gasteiger partial charge in [-0.3, -0.25) is 9.59 Å². The van der Waals surface area contributed by atoms with Gasteiger partial charge in [0.1, 0.15) is 11.5 Å². The zero-order chi connectivity index (χ0) is 23.6. The summed E-state index contributed by atoms with van der Waals surface area (Å²) < 4.78 is 0. The standard InChI is InChI=1S/C26H44N2O4/c1-3-5-7-9-11-13-15-17-25(31)27-21-19-24(30)22(20-23(21)29)28-26(32)18-16-14-12-10-8-6-4-2/h19-20,29-30H,3-18H2,1-2H3,(H,27,31)(H,28,32). The molecule has 6 heteroatoms. The number of phenols is 2. The highest BCUT2D eigenvalue weighted by Crippen LogP contribution is 2.35. The van der Waals surface area contributed by atoms with Crippen molar-refractivity contribution in [2.75, 3.05) is 10.6 Å². The predicted molar refractivity (Wildman–Crippen MR) is 132 cm³/mol. The molecule has 1 aromatic carbocycles. The molecule has 182 valence electrons. The summed E-state index contributed by atoms with van der Waals surface area (Å²) in [5.41, 5.74) is 0.307. The second-order valence-electron chi connectivity index (χ2n) is 8.73. The van der Waals surface area contributed by atoms with Crippen LogP contribution in [0.15, 0.2) is 12.1 Å². The Labute approximate surface area is 194 Å². The zero-order valence-corrected chi connectivity index (χ0v) is 20.2. The quantitative estimate of drug-likeness (QED) is 0.108. The lowest BCUT2D eigenvalue weighted by molar-refractivity contribution is -0.117. The summed E-state index contributed by atoms with van der Waals surface area (Å²) in [4.78, 5) is 24.3. The molecule has 1 aromatic rings. The van der Waals surface area contributed by atoms with Gasteiger partial charge in [-0.15, -0.1) is 0 Å². The van der Waals surface area contributed by atoms with Gasteiger partial charge in [0.05, 0.1) is 11.4 Å². The molecule has 0 spiro atoms. The third-order valence-corrected chi connectivity index (χ3v) is 5.68. The molecule has 0 aliphatic rings. The fraction of sp³-hybridized carbons (Fsp3) is 0.692. The Morgan fingerprint density at radius 1 is 0.594 bits per heavy atom. The Morgan fingerprint density at radius 2 is 0.906 bits per heavy atom. The molecular formula is C26H44N2O4. The van der Waals surface area contributed by atoms with Crippen LogP contribution in [0.5, 0.6) is 11.5 Å². The molecule has 0 radical (unpaired) electrons. The first-order valence-electron chi connectivity index (χ1n) is 12.6. The van der Waals surface area contributed by atoms with E-state index in [2.05, 4.69) is 24.5 Å². The normalized spacial score (nSPS) is 10.8. The lowest BCUT2D eigenvalue weighted by Crippen LogP contribution is -2.13. The summed E-state index contributed by atoms with van der Waals surface area (Å²) in [7, 11) is 0. The number of phenolic OH excluding ortho intramolecular Hbond substituents is 2. The highest BCUT2D eigenvalue weighted by atomic mass is 16.3. The predicted octanol–water partition coefficient (Wildman–Crippen LogP) is 7.26. The largest absolute Gasteiger partial charge is 0.506 e. The van der Waals surface area contributed by atoms with Gasteiger partial charge in [-0.2, -0.15) is 0 Å². The number of benzene rings is 1. The molecule has 0 unspecified atom stereocenters. The third kappa shape index (κ3) is 12.6. The number of aromatic hydroxyl groups is 2. The minimum Gasteiger partial charge on any atom is -0.506 e. The van der Waals surface area contributed by atoms with Crippen molar-refractivity contribution in [3.05, 3.63) is 12.1 Å². The van der Waals surface area contributed by atoms with Crippen LogP contribution < -0.4 is 10.6 Å². The summed E-state index contributed by atoms with van der Waals surface area (Å²) in [5, 5.41) is 25.7. The van der Waals surface area contributed by atoms with Crippen molar-refractivity contribution in [3.8, 4) is 11.5 Å². The summed E-state index contributed by atoms with van der Waals surface area (Å²) in [6, 6.07) is 2.56. The molecular weight excluding hydrogens is 404 g/mol. The van der Waals surface area contributed by atoms with Crippen molar-refractivity contribution in [2.24, 2.45) is 0 Å². The Balaban J connectivity index is 2.35. The molecule has 0 heterocycles. The monoisotopic (exact) mass is 448 g/mol. The van der Waals surface area contributed by atoms with Gasteiger partial charge in [-0.25, -0.2) is 0 Å². The van der Waals surface area contributed by atoms with Crippen LogP contribution in [0.1, 0.15) is 117 Å². The van der Waals surface area contributed by atoms with Gasteiger partial charge in [0.15, 0.2) is 0 Å². The van der Waals surface area contributed by atoms with Crippen molar-refractivity contribution in [3.63, 3.8) is 0 Å². The minimum atomic E-state index is -0.191. The van der Waals surface area contributed by atoms with Crippen LogP contribution >= 0.6 is 0 Å². The molecule has 0 atom stereocenters. The van der Waals surface area contributed by atoms with Crippen LogP contribution in [0.3, 0.4) is 0 Å². The maximum absolute atomic E-state index is 12.1. The second-order valence-corrected chi connectivity index (χ2v) is 8.73. The van der Waals surface area contributed by atoms with Gasteiger partial charge in [0.25, 0.3) is 0 Å². The van der Waals surface area contributed by atoms with Crippen molar-refractivity contribution in [1.82, 2.24) is 0 Å². The average Bonchev–Trinajstić information content (AvgIpc) is 2.76. The number of carbonyl (C=O) groups is 2. The van der Waals surface area contributed by atoms with E-state index in [-0.39, 0.29) is 34.7 Å². The van der Waals surface area contributed by atoms with Gasteiger partial charge >= 0.3 is 0 Å². The highest BCUT2D eigenvalue weighted by Gasteiger charge is 2.13. The first kappa shape index (κ1) is 27.8. The lowest BCUT2D eigenvalue weighted by Gasteiger charge is -2.12. The van der Waals surface area contributed by atoms with Crippen molar-refractivity contribution >= 4 is 23.2 Å². The Morgan fingerprint density at radius 3 is 1.25 bits per heavy atom. The van der Waals surface area contributed by atoms with E-state index in [1.807, 2.05) is 0 Å². The van der Waals surface area contributed by atoms with Crippen molar-refractivity contribution < 1.29 is 19.8 Å². The van der Waals surface area contributed by atoms with E-state index >= 15 is 0 Å². The molecule has 32 heavy (non-hydrogen) atoms. The molecule has 0 fully saturated rings. The lowest BCUT2D eigenvalue weighted by atomic mass is 10.1.